The Balaban J connectivity index is 2.06. The smallest absolute Gasteiger partial charge is 0.264 e. The van der Waals surface area contributed by atoms with Crippen LogP contribution in [0.4, 0.5) is 5.69 Å². The van der Waals surface area contributed by atoms with Crippen molar-refractivity contribution in [2.24, 2.45) is 5.92 Å². The number of rotatable bonds is 15. The summed E-state index contributed by atoms with van der Waals surface area (Å²) in [6, 6.07) is 18.6. The molecule has 0 fully saturated rings. The lowest BCUT2D eigenvalue weighted by Crippen LogP contribution is -2.52. The van der Waals surface area contributed by atoms with Crippen molar-refractivity contribution in [3.05, 3.63) is 83.4 Å². The van der Waals surface area contributed by atoms with Crippen LogP contribution in [0.2, 0.25) is 5.02 Å². The minimum absolute atomic E-state index is 0.0281. The predicted octanol–water partition coefficient (Wildman–Crippen LogP) is 5.52. The van der Waals surface area contributed by atoms with Gasteiger partial charge in [-0.15, -0.1) is 0 Å². The number of ether oxygens (including phenoxy) is 2. The van der Waals surface area contributed by atoms with Gasteiger partial charge in [-0.05, 0) is 85.5 Å². The molecule has 43 heavy (non-hydrogen) atoms. The minimum atomic E-state index is -4.22. The van der Waals surface area contributed by atoms with Crippen molar-refractivity contribution in [3.8, 4) is 11.5 Å². The van der Waals surface area contributed by atoms with Crippen molar-refractivity contribution < 1.29 is 27.5 Å². The topological polar surface area (TPSA) is 105 Å². The number of nitrogens with one attached hydrogen (secondary N) is 1. The lowest BCUT2D eigenvalue weighted by molar-refractivity contribution is -0.140. The molecule has 232 valence electrons. The first-order chi connectivity index (χ1) is 20.5. The number of hydrogen-bond acceptors (Lipinski definition) is 6. The second-order valence-electron chi connectivity index (χ2n) is 10.3. The van der Waals surface area contributed by atoms with Crippen molar-refractivity contribution in [1.82, 2.24) is 10.2 Å². The van der Waals surface area contributed by atoms with E-state index < -0.39 is 28.5 Å². The first kappa shape index (κ1) is 33.7. The van der Waals surface area contributed by atoms with Gasteiger partial charge in [0.1, 0.15) is 24.1 Å². The average molecular weight is 630 g/mol. The molecule has 9 nitrogen and oxygen atoms in total. The normalized spacial score (nSPS) is 12.0. The highest BCUT2D eigenvalue weighted by Gasteiger charge is 2.33. The van der Waals surface area contributed by atoms with Crippen LogP contribution in [0.5, 0.6) is 11.5 Å². The number of anilines is 1. The lowest BCUT2D eigenvalue weighted by atomic mass is 10.1. The van der Waals surface area contributed by atoms with Crippen LogP contribution < -0.4 is 19.1 Å². The zero-order chi connectivity index (χ0) is 31.6. The van der Waals surface area contributed by atoms with E-state index in [-0.39, 0.29) is 29.0 Å². The van der Waals surface area contributed by atoms with Crippen molar-refractivity contribution in [2.75, 3.05) is 31.1 Å². The fourth-order valence-corrected chi connectivity index (χ4v) is 5.99. The number of nitrogens with zero attached hydrogens (tertiary/aromatic N) is 2. The van der Waals surface area contributed by atoms with Gasteiger partial charge in [0.25, 0.3) is 10.0 Å². The molecule has 0 saturated carbocycles. The summed E-state index contributed by atoms with van der Waals surface area (Å²) in [7, 11) is -2.67. The molecule has 0 unspecified atom stereocenters. The number of benzene rings is 3. The molecular formula is C32H40ClN3O6S. The Labute approximate surface area is 259 Å². The SMILES string of the molecule is CCOc1ccc(N(CC(=O)N(Cc2cccc(OC)c2)[C@H](CC)C(=O)NCC(C)C)S(=O)(=O)c2ccc(Cl)cc2)cc1. The molecule has 3 rings (SSSR count). The largest absolute Gasteiger partial charge is 0.497 e. The summed E-state index contributed by atoms with van der Waals surface area (Å²) >= 11 is 6.03. The summed E-state index contributed by atoms with van der Waals surface area (Å²) in [6.07, 6.45) is 0.326. The molecule has 0 heterocycles. The maximum atomic E-state index is 14.2. The van der Waals surface area contributed by atoms with Gasteiger partial charge < -0.3 is 19.7 Å². The molecule has 3 aromatic rings. The summed E-state index contributed by atoms with van der Waals surface area (Å²) in [6.45, 7) is 8.05. The molecule has 0 radical (unpaired) electrons. The van der Waals surface area contributed by atoms with Crippen molar-refractivity contribution in [3.63, 3.8) is 0 Å². The van der Waals surface area contributed by atoms with Crippen molar-refractivity contribution in [1.29, 1.82) is 0 Å². The third kappa shape index (κ3) is 9.11. The molecule has 3 aromatic carbocycles. The van der Waals surface area contributed by atoms with Crippen LogP contribution in [0.15, 0.2) is 77.7 Å². The Morgan fingerprint density at radius 2 is 1.63 bits per heavy atom. The Morgan fingerprint density at radius 1 is 0.953 bits per heavy atom. The van der Waals surface area contributed by atoms with Gasteiger partial charge in [-0.1, -0.05) is 44.5 Å². The van der Waals surface area contributed by atoms with Gasteiger partial charge in [0.2, 0.25) is 11.8 Å². The molecule has 11 heteroatoms. The van der Waals surface area contributed by atoms with E-state index in [4.69, 9.17) is 21.1 Å². The van der Waals surface area contributed by atoms with Crippen LogP contribution in [0.3, 0.4) is 0 Å². The van der Waals surface area contributed by atoms with Gasteiger partial charge >= 0.3 is 0 Å². The van der Waals surface area contributed by atoms with Crippen LogP contribution in [0.1, 0.15) is 39.7 Å². The number of amides is 2. The standard InChI is InChI=1S/C32H40ClN3O6S/c1-6-30(32(38)34-20-23(3)4)35(21-24-9-8-10-28(19-24)41-5)31(37)22-36(26-13-15-27(16-14-26)42-7-2)43(39,40)29-17-11-25(33)12-18-29/h8-19,23,30H,6-7,20-22H2,1-5H3,(H,34,38)/t30-/m1/s1. The molecule has 2 amide bonds. The number of methoxy groups -OCH3 is 1. The van der Waals surface area contributed by atoms with E-state index in [1.54, 1.807) is 49.6 Å². The first-order valence-corrected chi connectivity index (χ1v) is 16.0. The summed E-state index contributed by atoms with van der Waals surface area (Å²) in [5.74, 6) is 0.530. The minimum Gasteiger partial charge on any atom is -0.497 e. The fourth-order valence-electron chi connectivity index (χ4n) is 4.45. The van der Waals surface area contributed by atoms with Crippen molar-refractivity contribution in [2.45, 2.75) is 51.6 Å². The second-order valence-corrected chi connectivity index (χ2v) is 12.6. The van der Waals surface area contributed by atoms with Crippen LogP contribution in [0, 0.1) is 5.92 Å². The molecule has 0 saturated heterocycles. The molecule has 1 atom stereocenters. The lowest BCUT2D eigenvalue weighted by Gasteiger charge is -2.33. The molecule has 0 aliphatic rings. The fraction of sp³-hybridized carbons (Fsp3) is 0.375. The Morgan fingerprint density at radius 3 is 2.21 bits per heavy atom. The second kappa shape index (κ2) is 15.6. The number of hydrogen-bond donors (Lipinski definition) is 1. The van der Waals surface area contributed by atoms with Crippen LogP contribution in [0.25, 0.3) is 0 Å². The van der Waals surface area contributed by atoms with E-state index in [0.717, 1.165) is 9.87 Å². The summed E-state index contributed by atoms with van der Waals surface area (Å²) < 4.78 is 39.9. The van der Waals surface area contributed by atoms with E-state index in [0.29, 0.717) is 36.1 Å². The third-order valence-corrected chi connectivity index (χ3v) is 8.71. The highest BCUT2D eigenvalue weighted by Crippen LogP contribution is 2.28. The van der Waals surface area contributed by atoms with E-state index in [2.05, 4.69) is 5.32 Å². The van der Waals surface area contributed by atoms with Gasteiger partial charge in [-0.3, -0.25) is 13.9 Å². The summed E-state index contributed by atoms with van der Waals surface area (Å²) in [5.41, 5.74) is 1.00. The summed E-state index contributed by atoms with van der Waals surface area (Å²) in [4.78, 5) is 29.0. The molecule has 0 aliphatic carbocycles. The third-order valence-electron chi connectivity index (χ3n) is 6.67. The highest BCUT2D eigenvalue weighted by molar-refractivity contribution is 7.92. The van der Waals surface area contributed by atoms with Gasteiger partial charge in [0.15, 0.2) is 0 Å². The monoisotopic (exact) mass is 629 g/mol. The Hall–Kier alpha value is -3.76. The van der Waals surface area contributed by atoms with E-state index in [9.17, 15) is 18.0 Å². The number of carbonyl (C=O) groups excluding carboxylic acids is 2. The van der Waals surface area contributed by atoms with Gasteiger partial charge in [-0.25, -0.2) is 8.42 Å². The van der Waals surface area contributed by atoms with Gasteiger partial charge in [0, 0.05) is 18.1 Å². The Bertz CT molecular complexity index is 1460. The van der Waals surface area contributed by atoms with Crippen molar-refractivity contribution >= 4 is 39.1 Å². The van der Waals surface area contributed by atoms with Gasteiger partial charge in [-0.2, -0.15) is 0 Å². The predicted molar refractivity (Wildman–Crippen MR) is 169 cm³/mol. The van der Waals surface area contributed by atoms with Crippen LogP contribution in [-0.4, -0.2) is 58.0 Å². The highest BCUT2D eigenvalue weighted by atomic mass is 35.5. The quantitative estimate of drug-likeness (QED) is 0.237. The average Bonchev–Trinajstić information content (AvgIpc) is 2.99. The Kier molecular flexibility index (Phi) is 12.3. The molecule has 0 aliphatic heterocycles. The number of carbonyl (C=O) groups is 2. The zero-order valence-electron chi connectivity index (χ0n) is 25.2. The van der Waals surface area contributed by atoms with E-state index in [1.807, 2.05) is 33.8 Å². The number of halogens is 1. The van der Waals surface area contributed by atoms with E-state index >= 15 is 0 Å². The molecular weight excluding hydrogens is 590 g/mol. The van der Waals surface area contributed by atoms with Crippen LogP contribution in [-0.2, 0) is 26.2 Å². The maximum absolute atomic E-state index is 14.2. The zero-order valence-corrected chi connectivity index (χ0v) is 26.8. The molecule has 0 bridgehead atoms. The molecule has 1 N–H and O–H groups in total. The summed E-state index contributed by atoms with van der Waals surface area (Å²) in [5, 5.41) is 3.31. The number of sulfonamides is 1. The first-order valence-electron chi connectivity index (χ1n) is 14.2. The van der Waals surface area contributed by atoms with Gasteiger partial charge in [0.05, 0.1) is 24.3 Å². The maximum Gasteiger partial charge on any atom is 0.264 e. The molecule has 0 spiro atoms. The molecule has 0 aromatic heterocycles. The van der Waals surface area contributed by atoms with Crippen LogP contribution >= 0.6 is 11.6 Å². The van der Waals surface area contributed by atoms with E-state index in [1.165, 1.54) is 29.2 Å².